The maximum Gasteiger partial charge on any atom is 0.416 e. The Hall–Kier alpha value is -3.57. The first-order chi connectivity index (χ1) is 15.6. The second-order valence-corrected chi connectivity index (χ2v) is 7.40. The van der Waals surface area contributed by atoms with Crippen LogP contribution in [0.25, 0.3) is 16.9 Å². The summed E-state index contributed by atoms with van der Waals surface area (Å²) in [4.78, 5) is 25.9. The SMILES string of the molecule is O=C(N[C@@H]1COC[C@@H]1O)c1cc(-c2ccc(C(F)(F)F)cc2)nn(-c2cccc(F)c2)c1=O. The number of nitrogens with one attached hydrogen (secondary N) is 1. The van der Waals surface area contributed by atoms with E-state index in [1.807, 2.05) is 0 Å². The number of ether oxygens (including phenoxy) is 1. The lowest BCUT2D eigenvalue weighted by molar-refractivity contribution is -0.137. The van der Waals surface area contributed by atoms with Gasteiger partial charge in [-0.05, 0) is 36.4 Å². The average Bonchev–Trinajstić information content (AvgIpc) is 3.17. The quantitative estimate of drug-likeness (QED) is 0.581. The number of aliphatic hydroxyl groups is 1. The highest BCUT2D eigenvalue weighted by Crippen LogP contribution is 2.30. The van der Waals surface area contributed by atoms with Crippen molar-refractivity contribution < 1.29 is 32.2 Å². The van der Waals surface area contributed by atoms with E-state index in [2.05, 4.69) is 10.4 Å². The van der Waals surface area contributed by atoms with Gasteiger partial charge in [-0.3, -0.25) is 9.59 Å². The number of hydrogen-bond donors (Lipinski definition) is 2. The standard InChI is InChI=1S/C22H17F4N3O4/c23-14-2-1-3-15(8-14)29-21(32)16(20(31)27-18-10-33-11-19(18)30)9-17(28-29)12-4-6-13(7-5-12)22(24,25)26/h1-9,18-19,30H,10-11H2,(H,27,31)/t18-,19+/m1/s1. The number of amides is 1. The molecule has 7 nitrogen and oxygen atoms in total. The Bertz CT molecular complexity index is 1240. The molecule has 33 heavy (non-hydrogen) atoms. The molecule has 1 aliphatic rings. The molecule has 1 fully saturated rings. The van der Waals surface area contributed by atoms with Gasteiger partial charge in [0.2, 0.25) is 0 Å². The van der Waals surface area contributed by atoms with E-state index >= 15 is 0 Å². The van der Waals surface area contributed by atoms with Crippen LogP contribution in [0.4, 0.5) is 17.6 Å². The predicted octanol–water partition coefficient (Wildman–Crippen LogP) is 2.55. The monoisotopic (exact) mass is 463 g/mol. The molecule has 2 heterocycles. The van der Waals surface area contributed by atoms with Gasteiger partial charge in [-0.2, -0.15) is 23.0 Å². The summed E-state index contributed by atoms with van der Waals surface area (Å²) >= 11 is 0. The number of nitrogens with zero attached hydrogens (tertiary/aromatic N) is 2. The molecule has 0 bridgehead atoms. The summed E-state index contributed by atoms with van der Waals surface area (Å²) in [5.74, 6) is -1.49. The van der Waals surface area contributed by atoms with Crippen molar-refractivity contribution in [3.05, 3.63) is 81.9 Å². The number of rotatable bonds is 4. The van der Waals surface area contributed by atoms with E-state index in [1.165, 1.54) is 12.1 Å². The Kier molecular flexibility index (Phi) is 6.00. The van der Waals surface area contributed by atoms with Crippen LogP contribution in [-0.4, -0.2) is 46.2 Å². The molecule has 0 unspecified atom stereocenters. The van der Waals surface area contributed by atoms with Crippen LogP contribution in [0.2, 0.25) is 0 Å². The zero-order valence-electron chi connectivity index (χ0n) is 16.8. The second-order valence-electron chi connectivity index (χ2n) is 7.40. The molecule has 0 aliphatic carbocycles. The minimum absolute atomic E-state index is 0.0148. The summed E-state index contributed by atoms with van der Waals surface area (Å²) in [5.41, 5.74) is -1.90. The first-order valence-electron chi connectivity index (χ1n) is 9.78. The molecular formula is C22H17F4N3O4. The van der Waals surface area contributed by atoms with Crippen molar-refractivity contribution in [2.75, 3.05) is 13.2 Å². The first kappa shape index (κ1) is 22.6. The number of carbonyl (C=O) groups is 1. The smallest absolute Gasteiger partial charge is 0.388 e. The molecule has 2 aromatic carbocycles. The normalized spacial score (nSPS) is 18.3. The average molecular weight is 463 g/mol. The fourth-order valence-corrected chi connectivity index (χ4v) is 3.34. The predicted molar refractivity (Wildman–Crippen MR) is 108 cm³/mol. The lowest BCUT2D eigenvalue weighted by Gasteiger charge is -2.16. The van der Waals surface area contributed by atoms with Crippen molar-refractivity contribution >= 4 is 5.91 Å². The van der Waals surface area contributed by atoms with Crippen LogP contribution in [0.5, 0.6) is 0 Å². The Balaban J connectivity index is 1.81. The molecule has 1 aromatic heterocycles. The number of aromatic nitrogens is 2. The lowest BCUT2D eigenvalue weighted by Crippen LogP contribution is -2.44. The highest BCUT2D eigenvalue weighted by Gasteiger charge is 2.31. The number of aliphatic hydroxyl groups excluding tert-OH is 1. The molecule has 4 rings (SSSR count). The molecule has 0 saturated carbocycles. The minimum Gasteiger partial charge on any atom is -0.388 e. The zero-order chi connectivity index (χ0) is 23.8. The molecule has 2 N–H and O–H groups in total. The second kappa shape index (κ2) is 8.75. The van der Waals surface area contributed by atoms with Crippen molar-refractivity contribution in [1.29, 1.82) is 0 Å². The van der Waals surface area contributed by atoms with E-state index < -0.39 is 41.2 Å². The number of hydrogen-bond acceptors (Lipinski definition) is 5. The van der Waals surface area contributed by atoms with Gasteiger partial charge in [-0.15, -0.1) is 0 Å². The van der Waals surface area contributed by atoms with Crippen LogP contribution >= 0.6 is 0 Å². The molecule has 172 valence electrons. The van der Waals surface area contributed by atoms with Gasteiger partial charge in [0, 0.05) is 5.56 Å². The van der Waals surface area contributed by atoms with Crippen molar-refractivity contribution in [3.8, 4) is 16.9 Å². The first-order valence-corrected chi connectivity index (χ1v) is 9.78. The molecule has 0 radical (unpaired) electrons. The summed E-state index contributed by atoms with van der Waals surface area (Å²) < 4.78 is 58.4. The summed E-state index contributed by atoms with van der Waals surface area (Å²) in [6.45, 7) is 0.0630. The molecule has 2 atom stereocenters. The third-order valence-corrected chi connectivity index (χ3v) is 5.08. The van der Waals surface area contributed by atoms with Gasteiger partial charge in [0.25, 0.3) is 11.5 Å². The Morgan fingerprint density at radius 1 is 1.12 bits per heavy atom. The van der Waals surface area contributed by atoms with Crippen LogP contribution in [0, 0.1) is 5.82 Å². The van der Waals surface area contributed by atoms with Crippen molar-refractivity contribution in [1.82, 2.24) is 15.1 Å². The third kappa shape index (κ3) is 4.78. The largest absolute Gasteiger partial charge is 0.416 e. The van der Waals surface area contributed by atoms with E-state index in [1.54, 1.807) is 0 Å². The Morgan fingerprint density at radius 2 is 1.85 bits per heavy atom. The van der Waals surface area contributed by atoms with Gasteiger partial charge in [0.15, 0.2) is 0 Å². The van der Waals surface area contributed by atoms with E-state index in [0.717, 1.165) is 47.1 Å². The molecule has 11 heteroatoms. The summed E-state index contributed by atoms with van der Waals surface area (Å²) in [7, 11) is 0. The third-order valence-electron chi connectivity index (χ3n) is 5.08. The minimum atomic E-state index is -4.54. The summed E-state index contributed by atoms with van der Waals surface area (Å²) in [5, 5.41) is 16.5. The van der Waals surface area contributed by atoms with Crippen molar-refractivity contribution in [2.45, 2.75) is 18.3 Å². The van der Waals surface area contributed by atoms with E-state index in [-0.39, 0.29) is 35.7 Å². The van der Waals surface area contributed by atoms with Crippen LogP contribution in [0.1, 0.15) is 15.9 Å². The van der Waals surface area contributed by atoms with Gasteiger partial charge in [0.1, 0.15) is 11.4 Å². The van der Waals surface area contributed by atoms with E-state index in [4.69, 9.17) is 4.74 Å². The number of halogens is 4. The van der Waals surface area contributed by atoms with Gasteiger partial charge in [-0.1, -0.05) is 18.2 Å². The van der Waals surface area contributed by atoms with E-state index in [9.17, 15) is 32.3 Å². The summed E-state index contributed by atoms with van der Waals surface area (Å²) in [6, 6.07) is 9.31. The highest BCUT2D eigenvalue weighted by atomic mass is 19.4. The Labute approximate surface area is 184 Å². The number of benzene rings is 2. The van der Waals surface area contributed by atoms with Gasteiger partial charge < -0.3 is 15.2 Å². The summed E-state index contributed by atoms with van der Waals surface area (Å²) in [6.07, 6.45) is -5.50. The maximum atomic E-state index is 13.8. The topological polar surface area (TPSA) is 93.4 Å². The van der Waals surface area contributed by atoms with Crippen LogP contribution in [-0.2, 0) is 10.9 Å². The van der Waals surface area contributed by atoms with Crippen LogP contribution in [0.3, 0.4) is 0 Å². The van der Waals surface area contributed by atoms with E-state index in [0.29, 0.717) is 0 Å². The van der Waals surface area contributed by atoms with Crippen molar-refractivity contribution in [2.24, 2.45) is 0 Å². The number of carbonyl (C=O) groups excluding carboxylic acids is 1. The number of alkyl halides is 3. The van der Waals surface area contributed by atoms with Gasteiger partial charge in [0.05, 0.1) is 42.3 Å². The Morgan fingerprint density at radius 3 is 2.45 bits per heavy atom. The molecule has 1 saturated heterocycles. The van der Waals surface area contributed by atoms with Crippen molar-refractivity contribution in [3.63, 3.8) is 0 Å². The van der Waals surface area contributed by atoms with Gasteiger partial charge >= 0.3 is 6.18 Å². The molecule has 3 aromatic rings. The molecular weight excluding hydrogens is 446 g/mol. The lowest BCUT2D eigenvalue weighted by atomic mass is 10.1. The van der Waals surface area contributed by atoms with Crippen LogP contribution in [0.15, 0.2) is 59.4 Å². The molecule has 1 amide bonds. The maximum absolute atomic E-state index is 13.8. The fourth-order valence-electron chi connectivity index (χ4n) is 3.34. The molecule has 0 spiro atoms. The fraction of sp³-hybridized carbons (Fsp3) is 0.227. The highest BCUT2D eigenvalue weighted by molar-refractivity contribution is 5.95. The van der Waals surface area contributed by atoms with Gasteiger partial charge in [-0.25, -0.2) is 4.39 Å². The molecule has 1 aliphatic heterocycles. The zero-order valence-corrected chi connectivity index (χ0v) is 16.8. The van der Waals surface area contributed by atoms with Crippen LogP contribution < -0.4 is 10.9 Å².